The van der Waals surface area contributed by atoms with Crippen LogP contribution in [0.4, 0.5) is 5.69 Å². The summed E-state index contributed by atoms with van der Waals surface area (Å²) in [5.41, 5.74) is 6.40. The van der Waals surface area contributed by atoms with Gasteiger partial charge in [0.2, 0.25) is 0 Å². The molecule has 0 heterocycles. The average Bonchev–Trinajstić information content (AvgIpc) is 2.20. The number of non-ortho nitro benzene ring substituents is 1. The Bertz CT molecular complexity index is 357. The number of hydrogen-bond donors (Lipinski definition) is 2. The summed E-state index contributed by atoms with van der Waals surface area (Å²) in [6.45, 7) is 1.95. The van der Waals surface area contributed by atoms with Crippen LogP contribution in [0.5, 0.6) is 0 Å². The molecular formula is C9H12BrN3O2. The summed E-state index contributed by atoms with van der Waals surface area (Å²) in [7, 11) is 0. The molecule has 3 N–H and O–H groups in total. The van der Waals surface area contributed by atoms with Gasteiger partial charge in [-0.3, -0.25) is 10.1 Å². The maximum Gasteiger partial charge on any atom is 0.270 e. The molecule has 0 fully saturated rings. The van der Waals surface area contributed by atoms with Crippen molar-refractivity contribution in [3.05, 3.63) is 38.3 Å². The van der Waals surface area contributed by atoms with Crippen LogP contribution in [0.15, 0.2) is 22.7 Å². The van der Waals surface area contributed by atoms with Crippen molar-refractivity contribution >= 4 is 21.6 Å². The summed E-state index contributed by atoms with van der Waals surface area (Å²) in [5.74, 6) is 0. The number of nitrogens with two attached hydrogens (primary N) is 1. The Hall–Kier alpha value is -0.980. The van der Waals surface area contributed by atoms with Crippen LogP contribution in [0.25, 0.3) is 0 Å². The van der Waals surface area contributed by atoms with E-state index in [9.17, 15) is 10.1 Å². The highest BCUT2D eigenvalue weighted by atomic mass is 79.9. The van der Waals surface area contributed by atoms with Gasteiger partial charge in [-0.15, -0.1) is 0 Å². The zero-order valence-corrected chi connectivity index (χ0v) is 9.66. The van der Waals surface area contributed by atoms with Crippen LogP contribution in [0.3, 0.4) is 0 Å². The molecule has 0 bridgehead atoms. The van der Waals surface area contributed by atoms with Gasteiger partial charge in [0.1, 0.15) is 0 Å². The highest BCUT2D eigenvalue weighted by molar-refractivity contribution is 9.10. The van der Waals surface area contributed by atoms with Gasteiger partial charge in [-0.1, -0.05) is 15.9 Å². The summed E-state index contributed by atoms with van der Waals surface area (Å²) >= 11 is 3.29. The van der Waals surface area contributed by atoms with E-state index >= 15 is 0 Å². The molecule has 6 heteroatoms. The van der Waals surface area contributed by atoms with Crippen LogP contribution in [-0.4, -0.2) is 18.0 Å². The molecule has 5 nitrogen and oxygen atoms in total. The summed E-state index contributed by atoms with van der Waals surface area (Å²) in [6.07, 6.45) is 0. The van der Waals surface area contributed by atoms with E-state index in [-0.39, 0.29) is 5.69 Å². The van der Waals surface area contributed by atoms with Gasteiger partial charge in [-0.25, -0.2) is 0 Å². The molecule has 0 atom stereocenters. The molecule has 0 saturated heterocycles. The first-order chi connectivity index (χ1) is 7.15. The number of rotatable bonds is 5. The summed E-state index contributed by atoms with van der Waals surface area (Å²) < 4.78 is 0.737. The number of nitro groups is 1. The maximum atomic E-state index is 10.5. The molecule has 1 aromatic rings. The standard InChI is InChI=1S/C9H12BrN3O2/c10-9-5-8(13(14)15)2-1-7(9)6-12-4-3-11/h1-2,5,12H,3-4,6,11H2. The predicted octanol–water partition coefficient (Wildman–Crippen LogP) is 1.41. The number of nitro benzene ring substituents is 1. The number of nitrogens with zero attached hydrogens (tertiary/aromatic N) is 1. The molecule has 1 rings (SSSR count). The van der Waals surface area contributed by atoms with Crippen molar-refractivity contribution < 1.29 is 4.92 Å². The van der Waals surface area contributed by atoms with Gasteiger partial charge in [0, 0.05) is 36.2 Å². The molecule has 0 spiro atoms. The molecule has 15 heavy (non-hydrogen) atoms. The zero-order valence-electron chi connectivity index (χ0n) is 8.07. The first-order valence-corrected chi connectivity index (χ1v) is 5.28. The minimum atomic E-state index is -0.415. The van der Waals surface area contributed by atoms with Crippen molar-refractivity contribution in [1.82, 2.24) is 5.32 Å². The van der Waals surface area contributed by atoms with Gasteiger partial charge in [0.15, 0.2) is 0 Å². The van der Waals surface area contributed by atoms with Crippen LogP contribution >= 0.6 is 15.9 Å². The third kappa shape index (κ3) is 3.58. The van der Waals surface area contributed by atoms with Crippen molar-refractivity contribution in [3.8, 4) is 0 Å². The van der Waals surface area contributed by atoms with Gasteiger partial charge in [0.25, 0.3) is 5.69 Å². The topological polar surface area (TPSA) is 81.2 Å². The van der Waals surface area contributed by atoms with E-state index in [2.05, 4.69) is 21.2 Å². The highest BCUT2D eigenvalue weighted by Crippen LogP contribution is 2.22. The Balaban J connectivity index is 2.70. The van der Waals surface area contributed by atoms with Crippen molar-refractivity contribution in [2.24, 2.45) is 5.73 Å². The Morgan fingerprint density at radius 1 is 1.53 bits per heavy atom. The molecule has 0 unspecified atom stereocenters. The Morgan fingerprint density at radius 3 is 2.80 bits per heavy atom. The predicted molar refractivity (Wildman–Crippen MR) is 61.6 cm³/mol. The molecule has 0 aromatic heterocycles. The normalized spacial score (nSPS) is 10.3. The SMILES string of the molecule is NCCNCc1ccc([N+](=O)[O-])cc1Br. The van der Waals surface area contributed by atoms with E-state index in [4.69, 9.17) is 5.73 Å². The number of halogens is 1. The third-order valence-corrected chi connectivity index (χ3v) is 2.62. The maximum absolute atomic E-state index is 10.5. The van der Waals surface area contributed by atoms with E-state index in [1.54, 1.807) is 6.07 Å². The fraction of sp³-hybridized carbons (Fsp3) is 0.333. The Kier molecular flexibility index (Phi) is 4.67. The van der Waals surface area contributed by atoms with E-state index in [0.29, 0.717) is 13.1 Å². The van der Waals surface area contributed by atoms with Crippen molar-refractivity contribution in [1.29, 1.82) is 0 Å². The summed E-state index contributed by atoms with van der Waals surface area (Å²) in [6, 6.07) is 4.72. The van der Waals surface area contributed by atoms with Crippen molar-refractivity contribution in [2.75, 3.05) is 13.1 Å². The lowest BCUT2D eigenvalue weighted by molar-refractivity contribution is -0.384. The quantitative estimate of drug-likeness (QED) is 0.483. The molecule has 0 aliphatic rings. The minimum Gasteiger partial charge on any atom is -0.329 e. The minimum absolute atomic E-state index is 0.0875. The van der Waals surface area contributed by atoms with Crippen molar-refractivity contribution in [2.45, 2.75) is 6.54 Å². The fourth-order valence-electron chi connectivity index (χ4n) is 1.12. The highest BCUT2D eigenvalue weighted by Gasteiger charge is 2.08. The fourth-order valence-corrected chi connectivity index (χ4v) is 1.63. The van der Waals surface area contributed by atoms with Crippen molar-refractivity contribution in [3.63, 3.8) is 0 Å². The van der Waals surface area contributed by atoms with Crippen LogP contribution in [0.1, 0.15) is 5.56 Å². The van der Waals surface area contributed by atoms with Gasteiger partial charge in [0.05, 0.1) is 4.92 Å². The lowest BCUT2D eigenvalue weighted by Crippen LogP contribution is -2.22. The van der Waals surface area contributed by atoms with E-state index < -0.39 is 4.92 Å². The van der Waals surface area contributed by atoms with Crippen LogP contribution in [0, 0.1) is 10.1 Å². The summed E-state index contributed by atoms with van der Waals surface area (Å²) in [4.78, 5) is 10.1. The first kappa shape index (κ1) is 12.1. The van der Waals surface area contributed by atoms with Crippen LogP contribution in [-0.2, 0) is 6.54 Å². The Labute approximate surface area is 95.9 Å². The van der Waals surface area contributed by atoms with E-state index in [1.165, 1.54) is 12.1 Å². The molecular weight excluding hydrogens is 262 g/mol. The second-order valence-corrected chi connectivity index (χ2v) is 3.85. The second-order valence-electron chi connectivity index (χ2n) is 3.00. The molecule has 0 aliphatic heterocycles. The molecule has 1 aromatic carbocycles. The van der Waals surface area contributed by atoms with Gasteiger partial charge in [-0.05, 0) is 11.6 Å². The lowest BCUT2D eigenvalue weighted by Gasteiger charge is -2.05. The van der Waals surface area contributed by atoms with Crippen LogP contribution in [0.2, 0.25) is 0 Å². The third-order valence-electron chi connectivity index (χ3n) is 1.88. The van der Waals surface area contributed by atoms with E-state index in [0.717, 1.165) is 16.6 Å². The zero-order chi connectivity index (χ0) is 11.3. The molecule has 82 valence electrons. The smallest absolute Gasteiger partial charge is 0.270 e. The Morgan fingerprint density at radius 2 is 2.27 bits per heavy atom. The largest absolute Gasteiger partial charge is 0.329 e. The van der Waals surface area contributed by atoms with E-state index in [1.807, 2.05) is 0 Å². The number of hydrogen-bond acceptors (Lipinski definition) is 4. The lowest BCUT2D eigenvalue weighted by atomic mass is 10.2. The monoisotopic (exact) mass is 273 g/mol. The number of nitrogens with one attached hydrogen (secondary N) is 1. The molecule has 0 amide bonds. The molecule has 0 aliphatic carbocycles. The molecule has 0 saturated carbocycles. The second kappa shape index (κ2) is 5.79. The van der Waals surface area contributed by atoms with Gasteiger partial charge in [-0.2, -0.15) is 0 Å². The summed E-state index contributed by atoms with van der Waals surface area (Å²) in [5, 5.41) is 13.6. The first-order valence-electron chi connectivity index (χ1n) is 4.48. The van der Waals surface area contributed by atoms with Gasteiger partial charge >= 0.3 is 0 Å². The average molecular weight is 274 g/mol. The van der Waals surface area contributed by atoms with Gasteiger partial charge < -0.3 is 11.1 Å². The molecule has 0 radical (unpaired) electrons. The number of benzene rings is 1. The van der Waals surface area contributed by atoms with Crippen LogP contribution < -0.4 is 11.1 Å².